The molecule has 3 nitrogen and oxygen atoms in total. The van der Waals surface area contributed by atoms with Crippen LogP contribution >= 0.6 is 11.8 Å². The second kappa shape index (κ2) is 6.13. The lowest BCUT2D eigenvalue weighted by Gasteiger charge is -2.19. The number of nitrogens with two attached hydrogens (primary N) is 1. The Kier molecular flexibility index (Phi) is 5.10. The van der Waals surface area contributed by atoms with Crippen LogP contribution in [0.4, 0.5) is 13.2 Å². The Hall–Kier alpha value is -0.920. The highest BCUT2D eigenvalue weighted by atomic mass is 32.2. The lowest BCUT2D eigenvalue weighted by atomic mass is 10.1. The molecule has 0 saturated heterocycles. The first-order valence-electron chi connectivity index (χ1n) is 4.77. The van der Waals surface area contributed by atoms with Crippen LogP contribution in [-0.4, -0.2) is 18.4 Å². The SMILES string of the molecule is CSCC(NN)c1ccccc1OC(F)(F)F. The quantitative estimate of drug-likeness (QED) is 0.635. The lowest BCUT2D eigenvalue weighted by molar-refractivity contribution is -0.275. The van der Waals surface area contributed by atoms with E-state index in [2.05, 4.69) is 10.2 Å². The molecule has 0 aliphatic heterocycles. The molecule has 1 atom stereocenters. The van der Waals surface area contributed by atoms with Gasteiger partial charge in [0.25, 0.3) is 0 Å². The third kappa shape index (κ3) is 4.45. The van der Waals surface area contributed by atoms with E-state index in [0.29, 0.717) is 11.3 Å². The number of nitrogens with one attached hydrogen (secondary N) is 1. The molecule has 3 N–H and O–H groups in total. The number of para-hydroxylation sites is 1. The summed E-state index contributed by atoms with van der Waals surface area (Å²) in [6, 6.07) is 5.57. The molecule has 96 valence electrons. The van der Waals surface area contributed by atoms with Crippen molar-refractivity contribution in [2.75, 3.05) is 12.0 Å². The number of alkyl halides is 3. The molecule has 0 radical (unpaired) electrons. The molecular weight excluding hydrogens is 253 g/mol. The van der Waals surface area contributed by atoms with E-state index in [1.807, 2.05) is 6.26 Å². The fourth-order valence-electron chi connectivity index (χ4n) is 1.38. The number of hydrogen-bond acceptors (Lipinski definition) is 4. The summed E-state index contributed by atoms with van der Waals surface area (Å²) in [6.07, 6.45) is -2.85. The first-order chi connectivity index (χ1) is 7.98. The fourth-order valence-corrected chi connectivity index (χ4v) is 1.99. The molecular formula is C10H13F3N2OS. The minimum Gasteiger partial charge on any atom is -0.405 e. The molecule has 0 bridgehead atoms. The molecule has 1 unspecified atom stereocenters. The Morgan fingerprint density at radius 1 is 1.41 bits per heavy atom. The smallest absolute Gasteiger partial charge is 0.405 e. The van der Waals surface area contributed by atoms with Crippen LogP contribution in [0.25, 0.3) is 0 Å². The maximum absolute atomic E-state index is 12.2. The number of benzene rings is 1. The van der Waals surface area contributed by atoms with E-state index in [4.69, 9.17) is 5.84 Å². The van der Waals surface area contributed by atoms with Crippen molar-refractivity contribution in [2.24, 2.45) is 5.84 Å². The highest BCUT2D eigenvalue weighted by Crippen LogP contribution is 2.30. The monoisotopic (exact) mass is 266 g/mol. The van der Waals surface area contributed by atoms with E-state index in [1.54, 1.807) is 12.1 Å². The van der Waals surface area contributed by atoms with Gasteiger partial charge < -0.3 is 4.74 Å². The van der Waals surface area contributed by atoms with Gasteiger partial charge in [-0.05, 0) is 12.3 Å². The van der Waals surface area contributed by atoms with E-state index in [9.17, 15) is 13.2 Å². The Morgan fingerprint density at radius 2 is 2.06 bits per heavy atom. The molecule has 0 aliphatic rings. The van der Waals surface area contributed by atoms with Crippen molar-refractivity contribution in [2.45, 2.75) is 12.4 Å². The highest BCUT2D eigenvalue weighted by molar-refractivity contribution is 7.98. The van der Waals surface area contributed by atoms with Crippen LogP contribution in [0.1, 0.15) is 11.6 Å². The summed E-state index contributed by atoms with van der Waals surface area (Å²) < 4.78 is 40.5. The Bertz CT molecular complexity index is 360. The van der Waals surface area contributed by atoms with Gasteiger partial charge in [-0.2, -0.15) is 11.8 Å². The van der Waals surface area contributed by atoms with Crippen LogP contribution in [0.3, 0.4) is 0 Å². The van der Waals surface area contributed by atoms with Gasteiger partial charge in [0, 0.05) is 11.3 Å². The van der Waals surface area contributed by atoms with Gasteiger partial charge in [0.15, 0.2) is 0 Å². The summed E-state index contributed by atoms with van der Waals surface area (Å²) in [5.74, 6) is 5.65. The molecule has 0 amide bonds. The van der Waals surface area contributed by atoms with Crippen molar-refractivity contribution in [1.29, 1.82) is 0 Å². The maximum atomic E-state index is 12.2. The van der Waals surface area contributed by atoms with Crippen molar-refractivity contribution in [3.63, 3.8) is 0 Å². The van der Waals surface area contributed by atoms with Crippen LogP contribution in [0, 0.1) is 0 Å². The van der Waals surface area contributed by atoms with E-state index in [-0.39, 0.29) is 11.8 Å². The average molecular weight is 266 g/mol. The summed E-state index contributed by atoms with van der Waals surface area (Å²) >= 11 is 1.48. The van der Waals surface area contributed by atoms with Crippen molar-refractivity contribution < 1.29 is 17.9 Å². The number of thioether (sulfide) groups is 1. The van der Waals surface area contributed by atoms with E-state index in [1.165, 1.54) is 23.9 Å². The Labute approximate surface area is 101 Å². The average Bonchev–Trinajstić information content (AvgIpc) is 2.25. The summed E-state index contributed by atoms with van der Waals surface area (Å²) in [5, 5.41) is 0. The van der Waals surface area contributed by atoms with Crippen LogP contribution in [0.15, 0.2) is 24.3 Å². The van der Waals surface area contributed by atoms with Crippen LogP contribution in [0.2, 0.25) is 0 Å². The van der Waals surface area contributed by atoms with Crippen molar-refractivity contribution >= 4 is 11.8 Å². The summed E-state index contributed by atoms with van der Waals surface area (Å²) in [4.78, 5) is 0. The Morgan fingerprint density at radius 3 is 2.59 bits per heavy atom. The molecule has 7 heteroatoms. The van der Waals surface area contributed by atoms with E-state index in [0.717, 1.165) is 0 Å². The van der Waals surface area contributed by atoms with E-state index < -0.39 is 6.36 Å². The number of hydrogen-bond donors (Lipinski definition) is 2. The molecule has 1 aromatic carbocycles. The van der Waals surface area contributed by atoms with Crippen molar-refractivity contribution in [1.82, 2.24) is 5.43 Å². The zero-order chi connectivity index (χ0) is 12.9. The predicted molar refractivity (Wildman–Crippen MR) is 61.6 cm³/mol. The zero-order valence-corrected chi connectivity index (χ0v) is 9.94. The summed E-state index contributed by atoms with van der Waals surface area (Å²) in [7, 11) is 0. The van der Waals surface area contributed by atoms with Gasteiger partial charge in [-0.25, -0.2) is 0 Å². The topological polar surface area (TPSA) is 47.3 Å². The first kappa shape index (κ1) is 14.1. The number of ether oxygens (including phenoxy) is 1. The van der Waals surface area contributed by atoms with Gasteiger partial charge >= 0.3 is 6.36 Å². The normalized spacial score (nSPS) is 13.5. The Balaban J connectivity index is 2.97. The molecule has 1 aromatic rings. The minimum atomic E-state index is -4.70. The summed E-state index contributed by atoms with van der Waals surface area (Å²) in [6.45, 7) is 0. The van der Waals surface area contributed by atoms with E-state index >= 15 is 0 Å². The summed E-state index contributed by atoms with van der Waals surface area (Å²) in [5.41, 5.74) is 2.87. The zero-order valence-electron chi connectivity index (χ0n) is 9.12. The van der Waals surface area contributed by atoms with Crippen LogP contribution < -0.4 is 16.0 Å². The third-order valence-electron chi connectivity index (χ3n) is 2.05. The number of halogens is 3. The standard InChI is InChI=1S/C10H13F3N2OS/c1-17-6-8(15-14)7-4-2-3-5-9(7)16-10(11,12)13/h2-5,8,15H,6,14H2,1H3. The third-order valence-corrected chi connectivity index (χ3v) is 2.72. The largest absolute Gasteiger partial charge is 0.573 e. The minimum absolute atomic E-state index is 0.225. The number of rotatable bonds is 5. The second-order valence-electron chi connectivity index (χ2n) is 3.26. The number of hydrazine groups is 1. The van der Waals surface area contributed by atoms with Gasteiger partial charge in [-0.15, -0.1) is 13.2 Å². The molecule has 0 fully saturated rings. The fraction of sp³-hybridized carbons (Fsp3) is 0.400. The van der Waals surface area contributed by atoms with Gasteiger partial charge in [-0.1, -0.05) is 18.2 Å². The van der Waals surface area contributed by atoms with Gasteiger partial charge in [-0.3, -0.25) is 11.3 Å². The van der Waals surface area contributed by atoms with Gasteiger partial charge in [0.2, 0.25) is 0 Å². The molecule has 0 aliphatic carbocycles. The van der Waals surface area contributed by atoms with Crippen molar-refractivity contribution in [3.05, 3.63) is 29.8 Å². The second-order valence-corrected chi connectivity index (χ2v) is 4.17. The molecule has 0 heterocycles. The predicted octanol–water partition coefficient (Wildman–Crippen LogP) is 2.45. The molecule has 0 spiro atoms. The first-order valence-corrected chi connectivity index (χ1v) is 6.17. The highest BCUT2D eigenvalue weighted by Gasteiger charge is 2.32. The molecule has 0 saturated carbocycles. The van der Waals surface area contributed by atoms with Crippen LogP contribution in [-0.2, 0) is 0 Å². The lowest BCUT2D eigenvalue weighted by Crippen LogP contribution is -2.30. The van der Waals surface area contributed by atoms with Crippen LogP contribution in [0.5, 0.6) is 5.75 Å². The molecule has 1 rings (SSSR count). The van der Waals surface area contributed by atoms with Gasteiger partial charge in [0.05, 0.1) is 6.04 Å². The van der Waals surface area contributed by atoms with Crippen molar-refractivity contribution in [3.8, 4) is 5.75 Å². The van der Waals surface area contributed by atoms with Gasteiger partial charge in [0.1, 0.15) is 5.75 Å². The maximum Gasteiger partial charge on any atom is 0.573 e. The molecule has 17 heavy (non-hydrogen) atoms. The molecule has 0 aromatic heterocycles.